The van der Waals surface area contributed by atoms with Crippen molar-refractivity contribution in [1.29, 1.82) is 0 Å². The highest BCUT2D eigenvalue weighted by Crippen LogP contribution is 2.24. The first-order valence-corrected chi connectivity index (χ1v) is 8.89. The van der Waals surface area contributed by atoms with Gasteiger partial charge in [-0.05, 0) is 68.8 Å². The average molecular weight is 361 g/mol. The lowest BCUT2D eigenvalue weighted by molar-refractivity contribution is -0.122. The predicted molar refractivity (Wildman–Crippen MR) is 108 cm³/mol. The van der Waals surface area contributed by atoms with Crippen LogP contribution < -0.4 is 14.8 Å². The summed E-state index contributed by atoms with van der Waals surface area (Å²) in [4.78, 5) is 12.4. The number of hydrogen-bond acceptors (Lipinski definition) is 3. The summed E-state index contributed by atoms with van der Waals surface area (Å²) in [5, 5.41) is 2.91. The lowest BCUT2D eigenvalue weighted by Gasteiger charge is -2.16. The van der Waals surface area contributed by atoms with E-state index in [-0.39, 0.29) is 5.91 Å². The van der Waals surface area contributed by atoms with Gasteiger partial charge in [0.25, 0.3) is 5.91 Å². The van der Waals surface area contributed by atoms with E-state index in [0.717, 1.165) is 22.6 Å². The van der Waals surface area contributed by atoms with Gasteiger partial charge in [0, 0.05) is 5.69 Å². The third-order valence-corrected chi connectivity index (χ3v) is 4.12. The van der Waals surface area contributed by atoms with Crippen LogP contribution in [0.4, 0.5) is 5.69 Å². The first-order chi connectivity index (χ1) is 13.0. The van der Waals surface area contributed by atoms with Crippen molar-refractivity contribution in [3.63, 3.8) is 0 Å². The van der Waals surface area contributed by atoms with Crippen LogP contribution in [0.5, 0.6) is 17.2 Å². The second-order valence-electron chi connectivity index (χ2n) is 6.45. The molecule has 0 spiro atoms. The van der Waals surface area contributed by atoms with Crippen LogP contribution in [0.2, 0.25) is 0 Å². The molecular formula is C23H23NO3. The van der Waals surface area contributed by atoms with E-state index in [2.05, 4.69) is 5.32 Å². The van der Waals surface area contributed by atoms with Crippen LogP contribution in [-0.4, -0.2) is 12.0 Å². The Labute approximate surface area is 159 Å². The molecule has 0 saturated carbocycles. The minimum atomic E-state index is -0.619. The molecule has 1 amide bonds. The topological polar surface area (TPSA) is 47.6 Å². The van der Waals surface area contributed by atoms with Crippen molar-refractivity contribution in [2.45, 2.75) is 26.9 Å². The molecule has 0 aliphatic carbocycles. The lowest BCUT2D eigenvalue weighted by atomic mass is 10.1. The Morgan fingerprint density at radius 3 is 2.15 bits per heavy atom. The number of amides is 1. The fourth-order valence-electron chi connectivity index (χ4n) is 2.66. The maximum atomic E-state index is 12.4. The van der Waals surface area contributed by atoms with Crippen LogP contribution in [0.3, 0.4) is 0 Å². The maximum absolute atomic E-state index is 12.4. The molecule has 0 heterocycles. The molecule has 0 fully saturated rings. The van der Waals surface area contributed by atoms with Gasteiger partial charge in [-0.3, -0.25) is 4.79 Å². The monoisotopic (exact) mass is 361 g/mol. The number of benzene rings is 3. The summed E-state index contributed by atoms with van der Waals surface area (Å²) < 4.78 is 11.5. The first-order valence-electron chi connectivity index (χ1n) is 8.89. The molecule has 0 aliphatic heterocycles. The Kier molecular flexibility index (Phi) is 5.77. The maximum Gasteiger partial charge on any atom is 0.265 e. The number of aryl methyl sites for hydroxylation is 2. The van der Waals surface area contributed by atoms with Gasteiger partial charge in [-0.15, -0.1) is 0 Å². The van der Waals surface area contributed by atoms with Crippen LogP contribution in [0, 0.1) is 13.8 Å². The highest BCUT2D eigenvalue weighted by atomic mass is 16.5. The summed E-state index contributed by atoms with van der Waals surface area (Å²) in [5.41, 5.74) is 2.98. The van der Waals surface area contributed by atoms with Crippen molar-refractivity contribution in [2.24, 2.45) is 0 Å². The van der Waals surface area contributed by atoms with Crippen LogP contribution >= 0.6 is 0 Å². The van der Waals surface area contributed by atoms with E-state index in [9.17, 15) is 4.79 Å². The number of nitrogens with one attached hydrogen (secondary N) is 1. The molecule has 3 aromatic rings. The van der Waals surface area contributed by atoms with Crippen molar-refractivity contribution in [3.8, 4) is 17.2 Å². The minimum Gasteiger partial charge on any atom is -0.481 e. The van der Waals surface area contributed by atoms with E-state index in [4.69, 9.17) is 9.47 Å². The van der Waals surface area contributed by atoms with Crippen LogP contribution in [0.15, 0.2) is 72.8 Å². The van der Waals surface area contributed by atoms with Gasteiger partial charge in [-0.2, -0.15) is 0 Å². The Morgan fingerprint density at radius 1 is 0.852 bits per heavy atom. The minimum absolute atomic E-state index is 0.188. The van der Waals surface area contributed by atoms with Gasteiger partial charge in [0.05, 0.1) is 0 Å². The fraction of sp³-hybridized carbons (Fsp3) is 0.174. The third kappa shape index (κ3) is 5.11. The van der Waals surface area contributed by atoms with E-state index in [1.54, 1.807) is 19.1 Å². The van der Waals surface area contributed by atoms with Crippen molar-refractivity contribution in [2.75, 3.05) is 5.32 Å². The highest BCUT2D eigenvalue weighted by molar-refractivity contribution is 5.94. The molecule has 4 nitrogen and oxygen atoms in total. The number of carbonyl (C=O) groups excluding carboxylic acids is 1. The molecular weight excluding hydrogens is 338 g/mol. The molecule has 0 aliphatic rings. The SMILES string of the molecule is Cc1ccc(NC(=O)C(C)Oc2ccc(Oc3ccccc3)cc2)c(C)c1. The van der Waals surface area contributed by atoms with Crippen LogP contribution in [0.25, 0.3) is 0 Å². The Morgan fingerprint density at radius 2 is 1.48 bits per heavy atom. The molecule has 1 N–H and O–H groups in total. The van der Waals surface area contributed by atoms with Gasteiger partial charge < -0.3 is 14.8 Å². The normalized spacial score (nSPS) is 11.5. The largest absolute Gasteiger partial charge is 0.481 e. The molecule has 3 aromatic carbocycles. The van der Waals surface area contributed by atoms with Crippen molar-refractivity contribution < 1.29 is 14.3 Å². The summed E-state index contributed by atoms with van der Waals surface area (Å²) in [6.07, 6.45) is -0.619. The number of ether oxygens (including phenoxy) is 2. The van der Waals surface area contributed by atoms with Gasteiger partial charge in [0.15, 0.2) is 6.10 Å². The molecule has 138 valence electrons. The second-order valence-corrected chi connectivity index (χ2v) is 6.45. The number of anilines is 1. The van der Waals surface area contributed by atoms with E-state index in [1.165, 1.54) is 0 Å². The standard InChI is InChI=1S/C23H23NO3/c1-16-9-14-22(17(2)15-16)24-23(25)18(3)26-20-10-12-21(13-11-20)27-19-7-5-4-6-8-19/h4-15,18H,1-3H3,(H,24,25). The van der Waals surface area contributed by atoms with E-state index in [1.807, 2.05) is 74.5 Å². The van der Waals surface area contributed by atoms with Gasteiger partial charge in [0.2, 0.25) is 0 Å². The summed E-state index contributed by atoms with van der Waals surface area (Å²) >= 11 is 0. The van der Waals surface area contributed by atoms with Gasteiger partial charge in [-0.1, -0.05) is 35.9 Å². The number of hydrogen-bond donors (Lipinski definition) is 1. The fourth-order valence-corrected chi connectivity index (χ4v) is 2.66. The summed E-state index contributed by atoms with van der Waals surface area (Å²) in [5.74, 6) is 1.90. The van der Waals surface area contributed by atoms with Crippen LogP contribution in [0.1, 0.15) is 18.1 Å². The summed E-state index contributed by atoms with van der Waals surface area (Å²) in [7, 11) is 0. The van der Waals surface area contributed by atoms with Gasteiger partial charge in [0.1, 0.15) is 17.2 Å². The molecule has 1 atom stereocenters. The number of para-hydroxylation sites is 1. The zero-order chi connectivity index (χ0) is 19.2. The lowest BCUT2D eigenvalue weighted by Crippen LogP contribution is -2.30. The quantitative estimate of drug-likeness (QED) is 0.630. The molecule has 27 heavy (non-hydrogen) atoms. The van der Waals surface area contributed by atoms with Crippen molar-refractivity contribution in [1.82, 2.24) is 0 Å². The molecule has 1 unspecified atom stereocenters. The van der Waals surface area contributed by atoms with E-state index < -0.39 is 6.10 Å². The number of carbonyl (C=O) groups is 1. The number of rotatable bonds is 6. The Bertz CT molecular complexity index is 905. The molecule has 4 heteroatoms. The first kappa shape index (κ1) is 18.5. The third-order valence-electron chi connectivity index (χ3n) is 4.12. The molecule has 0 radical (unpaired) electrons. The smallest absolute Gasteiger partial charge is 0.265 e. The average Bonchev–Trinajstić information content (AvgIpc) is 2.66. The zero-order valence-electron chi connectivity index (χ0n) is 15.7. The summed E-state index contributed by atoms with van der Waals surface area (Å²) in [6, 6.07) is 22.7. The molecule has 0 aromatic heterocycles. The van der Waals surface area contributed by atoms with E-state index in [0.29, 0.717) is 11.5 Å². The molecule has 0 bridgehead atoms. The van der Waals surface area contributed by atoms with Gasteiger partial charge >= 0.3 is 0 Å². The van der Waals surface area contributed by atoms with Crippen molar-refractivity contribution in [3.05, 3.63) is 83.9 Å². The predicted octanol–water partition coefficient (Wildman–Crippen LogP) is 5.50. The highest BCUT2D eigenvalue weighted by Gasteiger charge is 2.15. The molecule has 0 saturated heterocycles. The van der Waals surface area contributed by atoms with Crippen molar-refractivity contribution >= 4 is 11.6 Å². The van der Waals surface area contributed by atoms with Crippen LogP contribution in [-0.2, 0) is 4.79 Å². The Balaban J connectivity index is 1.58. The Hall–Kier alpha value is -3.27. The van der Waals surface area contributed by atoms with E-state index >= 15 is 0 Å². The molecule has 3 rings (SSSR count). The second kappa shape index (κ2) is 8.41. The summed E-state index contributed by atoms with van der Waals surface area (Å²) in [6.45, 7) is 5.72. The van der Waals surface area contributed by atoms with Gasteiger partial charge in [-0.25, -0.2) is 0 Å². The zero-order valence-corrected chi connectivity index (χ0v) is 15.7.